The molecule has 6 rings (SSSR count). The maximum atomic E-state index is 13.7. The van der Waals surface area contributed by atoms with Crippen LogP contribution in [0, 0.1) is 5.82 Å². The number of rotatable bonds is 7. The zero-order valence-electron chi connectivity index (χ0n) is 25.3. The van der Waals surface area contributed by atoms with E-state index in [1.54, 1.807) is 6.07 Å². The topological polar surface area (TPSA) is 125 Å². The Labute approximate surface area is 267 Å². The Hall–Kier alpha value is -4.85. The first-order valence-electron chi connectivity index (χ1n) is 14.9. The van der Waals surface area contributed by atoms with Crippen LogP contribution in [0.4, 0.5) is 23.2 Å². The van der Waals surface area contributed by atoms with Crippen molar-refractivity contribution >= 4 is 49.4 Å². The lowest BCUT2D eigenvalue weighted by Crippen LogP contribution is -2.39. The van der Waals surface area contributed by atoms with Crippen LogP contribution in [0.1, 0.15) is 57.7 Å². The number of sulfonamides is 1. The van der Waals surface area contributed by atoms with Gasteiger partial charge in [0.05, 0.1) is 28.1 Å². The molecule has 1 aliphatic rings. The van der Waals surface area contributed by atoms with Crippen LogP contribution in [0.3, 0.4) is 0 Å². The molecule has 2 amide bonds. The molecule has 0 bridgehead atoms. The summed E-state index contributed by atoms with van der Waals surface area (Å²) in [5, 5.41) is 3.23. The molecule has 3 N–H and O–H groups in total. The second-order valence-corrected chi connectivity index (χ2v) is 13.4. The van der Waals surface area contributed by atoms with Crippen molar-refractivity contribution in [2.24, 2.45) is 0 Å². The number of benzene rings is 3. The number of carbonyl (C=O) groups excluding carboxylic acids is 2. The maximum absolute atomic E-state index is 13.7. The highest BCUT2D eigenvalue weighted by atomic mass is 32.2. The summed E-state index contributed by atoms with van der Waals surface area (Å²) in [4.78, 5) is 31.0. The number of carbonyl (C=O) groups is 2. The number of anilines is 1. The summed E-state index contributed by atoms with van der Waals surface area (Å²) < 4.78 is 88.8. The third kappa shape index (κ3) is 6.16. The van der Waals surface area contributed by atoms with E-state index in [9.17, 15) is 35.6 Å². The zero-order chi connectivity index (χ0) is 33.7. The fraction of sp³-hybridized carbons (Fsp3) is 0.273. The van der Waals surface area contributed by atoms with Crippen LogP contribution in [-0.2, 0) is 16.2 Å². The van der Waals surface area contributed by atoms with Gasteiger partial charge in [-0.05, 0) is 67.8 Å². The monoisotopic (exact) mass is 670 g/mol. The Balaban J connectivity index is 1.43. The summed E-state index contributed by atoms with van der Waals surface area (Å²) in [5.74, 6) is -1.92. The number of aromatic amines is 1. The van der Waals surface area contributed by atoms with Crippen LogP contribution in [0.2, 0.25) is 0 Å². The second-order valence-electron chi connectivity index (χ2n) is 11.4. The first-order chi connectivity index (χ1) is 22.3. The van der Waals surface area contributed by atoms with Crippen LogP contribution in [-0.4, -0.2) is 56.0 Å². The van der Waals surface area contributed by atoms with Crippen LogP contribution in [0.25, 0.3) is 33.2 Å². The number of H-pyrrole nitrogens is 1. The van der Waals surface area contributed by atoms with Gasteiger partial charge < -0.3 is 19.6 Å². The molecule has 0 spiro atoms. The molecular formula is C33H30F4N4O5S. The molecule has 2 aromatic heterocycles. The smallest absolute Gasteiger partial charge is 0.418 e. The highest BCUT2D eigenvalue weighted by Gasteiger charge is 2.35. The van der Waals surface area contributed by atoms with E-state index < -0.39 is 45.3 Å². The van der Waals surface area contributed by atoms with E-state index in [1.165, 1.54) is 67.4 Å². The van der Waals surface area contributed by atoms with Gasteiger partial charge in [-0.3, -0.25) is 14.3 Å². The largest absolute Gasteiger partial charge is 0.455 e. The van der Waals surface area contributed by atoms with Gasteiger partial charge in [0, 0.05) is 48.5 Å². The molecule has 0 radical (unpaired) electrons. The van der Waals surface area contributed by atoms with Gasteiger partial charge in [0.15, 0.2) is 0 Å². The molecule has 1 aliphatic heterocycles. The Kier molecular flexibility index (Phi) is 8.24. The summed E-state index contributed by atoms with van der Waals surface area (Å²) in [6.07, 6.45) is -3.53. The number of piperidine rings is 1. The number of hydrogen-bond donors (Lipinski definition) is 3. The van der Waals surface area contributed by atoms with E-state index in [4.69, 9.17) is 4.42 Å². The molecule has 3 heterocycles. The number of likely N-dealkylation sites (tertiary alicyclic amines) is 1. The van der Waals surface area contributed by atoms with Crippen molar-refractivity contribution in [1.29, 1.82) is 0 Å². The number of aromatic nitrogens is 1. The predicted molar refractivity (Wildman–Crippen MR) is 169 cm³/mol. The minimum atomic E-state index is -4.61. The van der Waals surface area contributed by atoms with Gasteiger partial charge in [-0.2, -0.15) is 13.2 Å². The van der Waals surface area contributed by atoms with Gasteiger partial charge in [-0.15, -0.1) is 0 Å². The van der Waals surface area contributed by atoms with E-state index in [1.807, 2.05) is 0 Å². The SMILES string of the molecule is CCS(=O)(=O)Nc1cc2oc(-c3ccc(F)cc3)c(C(=O)NC)c2cc1[C@H]1CCCN(C(=O)c2cc3cccc(C(F)(F)F)c3[nH]2)C1. The molecule has 3 aromatic carbocycles. The van der Waals surface area contributed by atoms with Crippen LogP contribution in [0.5, 0.6) is 0 Å². The Bertz CT molecular complexity index is 2120. The van der Waals surface area contributed by atoms with Gasteiger partial charge in [0.2, 0.25) is 10.0 Å². The quantitative estimate of drug-likeness (QED) is 0.163. The minimum absolute atomic E-state index is 0.000360. The molecule has 9 nitrogen and oxygen atoms in total. The number of hydrogen-bond acceptors (Lipinski definition) is 5. The summed E-state index contributed by atoms with van der Waals surface area (Å²) in [6, 6.07) is 13.7. The highest BCUT2D eigenvalue weighted by Crippen LogP contribution is 2.41. The minimum Gasteiger partial charge on any atom is -0.455 e. The second kappa shape index (κ2) is 12.1. The van der Waals surface area contributed by atoms with Crippen molar-refractivity contribution < 1.29 is 40.0 Å². The van der Waals surface area contributed by atoms with E-state index in [2.05, 4.69) is 15.0 Å². The van der Waals surface area contributed by atoms with E-state index in [0.29, 0.717) is 35.9 Å². The van der Waals surface area contributed by atoms with Crippen LogP contribution < -0.4 is 10.0 Å². The maximum Gasteiger partial charge on any atom is 0.418 e. The van der Waals surface area contributed by atoms with Crippen LogP contribution in [0.15, 0.2) is 65.1 Å². The Morgan fingerprint density at radius 2 is 1.83 bits per heavy atom. The summed E-state index contributed by atoms with van der Waals surface area (Å²) in [7, 11) is -2.33. The fourth-order valence-electron chi connectivity index (χ4n) is 6.07. The lowest BCUT2D eigenvalue weighted by molar-refractivity contribution is -0.136. The molecule has 1 fully saturated rings. The number of para-hydroxylation sites is 1. The normalized spacial score (nSPS) is 15.7. The molecular weight excluding hydrogens is 640 g/mol. The summed E-state index contributed by atoms with van der Waals surface area (Å²) >= 11 is 0. The number of nitrogens with one attached hydrogen (secondary N) is 3. The van der Waals surface area contributed by atoms with Crippen molar-refractivity contribution in [3.8, 4) is 11.3 Å². The standard InChI is InChI=1S/C33H30F4N4O5S/c1-3-47(44,45)40-25-16-27-23(28(31(42)38-2)30(46-27)18-9-11-21(34)12-10-18)15-22(25)20-7-5-13-41(17-20)32(43)26-14-19-6-4-8-24(29(19)39-26)33(35,36)37/h4,6,8-12,14-16,20,39-40H,3,5,7,13,17H2,1-2H3,(H,38,42)/t20-/m0/s1. The number of alkyl halides is 3. The first kappa shape index (κ1) is 32.1. The van der Waals surface area contributed by atoms with Gasteiger partial charge >= 0.3 is 6.18 Å². The number of amides is 2. The van der Waals surface area contributed by atoms with Crippen molar-refractivity contribution in [3.63, 3.8) is 0 Å². The molecule has 1 saturated heterocycles. The highest BCUT2D eigenvalue weighted by molar-refractivity contribution is 7.92. The lowest BCUT2D eigenvalue weighted by Gasteiger charge is -2.33. The summed E-state index contributed by atoms with van der Waals surface area (Å²) in [5.41, 5.74) is 0.475. The summed E-state index contributed by atoms with van der Waals surface area (Å²) in [6.45, 7) is 1.94. The first-order valence-corrected chi connectivity index (χ1v) is 16.5. The number of nitrogens with zero attached hydrogens (tertiary/aromatic N) is 1. The molecule has 14 heteroatoms. The van der Waals surface area contributed by atoms with E-state index in [0.717, 1.165) is 6.07 Å². The van der Waals surface area contributed by atoms with Gasteiger partial charge in [0.25, 0.3) is 11.8 Å². The zero-order valence-corrected chi connectivity index (χ0v) is 26.1. The predicted octanol–water partition coefficient (Wildman–Crippen LogP) is 6.88. The van der Waals surface area contributed by atoms with E-state index >= 15 is 0 Å². The van der Waals surface area contributed by atoms with Crippen LogP contribution >= 0.6 is 0 Å². The number of furan rings is 1. The molecule has 0 unspecified atom stereocenters. The van der Waals surface area contributed by atoms with Gasteiger partial charge in [-0.25, -0.2) is 12.8 Å². The molecule has 246 valence electrons. The third-order valence-corrected chi connectivity index (χ3v) is 9.70. The van der Waals surface area contributed by atoms with Crippen molar-refractivity contribution in [1.82, 2.24) is 15.2 Å². The molecule has 47 heavy (non-hydrogen) atoms. The van der Waals surface area contributed by atoms with E-state index in [-0.39, 0.29) is 51.5 Å². The molecule has 1 atom stereocenters. The average Bonchev–Trinajstić information content (AvgIpc) is 3.65. The Morgan fingerprint density at radius 1 is 1.09 bits per heavy atom. The fourth-order valence-corrected chi connectivity index (χ4v) is 6.73. The molecule has 5 aromatic rings. The van der Waals surface area contributed by atoms with Gasteiger partial charge in [-0.1, -0.05) is 12.1 Å². The van der Waals surface area contributed by atoms with Crippen molar-refractivity contribution in [2.45, 2.75) is 31.9 Å². The van der Waals surface area contributed by atoms with Crippen molar-refractivity contribution in [2.75, 3.05) is 30.6 Å². The number of fused-ring (bicyclic) bond motifs is 2. The molecule has 0 aliphatic carbocycles. The third-order valence-electron chi connectivity index (χ3n) is 8.41. The Morgan fingerprint density at radius 3 is 2.51 bits per heavy atom. The van der Waals surface area contributed by atoms with Gasteiger partial charge in [0.1, 0.15) is 22.9 Å². The molecule has 0 saturated carbocycles. The number of halogens is 4. The van der Waals surface area contributed by atoms with Crippen molar-refractivity contribution in [3.05, 3.63) is 88.9 Å². The average molecular weight is 671 g/mol. The lowest BCUT2D eigenvalue weighted by atomic mass is 9.88.